The van der Waals surface area contributed by atoms with E-state index in [1.54, 1.807) is 22.7 Å². The molecular formula is C24H27N5S2. The standard InChI is InChI=1S/C24H27N5S2/c1-3-21(28(9-1)23-25-7-11-30-23)16-27(15-20-14-18-5-6-19(20)13-18)17-22-4-2-10-29(22)24-26-8-12-31-24/h1-4,7-12,18-20H,5-6,13-17H2/t18-,19+,20?/m0/s1. The summed E-state index contributed by atoms with van der Waals surface area (Å²) in [5, 5.41) is 6.19. The maximum atomic E-state index is 4.54. The van der Waals surface area contributed by atoms with Crippen LogP contribution in [0.15, 0.2) is 59.8 Å². The van der Waals surface area contributed by atoms with Gasteiger partial charge in [0.05, 0.1) is 0 Å². The zero-order valence-corrected chi connectivity index (χ0v) is 19.1. The van der Waals surface area contributed by atoms with Crippen molar-refractivity contribution in [3.05, 3.63) is 71.2 Å². The quantitative estimate of drug-likeness (QED) is 0.350. The first-order chi connectivity index (χ1) is 15.3. The summed E-state index contributed by atoms with van der Waals surface area (Å²) in [7, 11) is 0. The Morgan fingerprint density at radius 3 is 2.00 bits per heavy atom. The van der Waals surface area contributed by atoms with Crippen LogP contribution in [0.1, 0.15) is 37.1 Å². The first-order valence-electron chi connectivity index (χ1n) is 11.2. The number of aromatic nitrogens is 4. The largest absolute Gasteiger partial charge is 0.296 e. The van der Waals surface area contributed by atoms with Crippen molar-refractivity contribution < 1.29 is 0 Å². The molecule has 2 aliphatic rings. The molecule has 0 amide bonds. The Morgan fingerprint density at radius 1 is 0.871 bits per heavy atom. The molecule has 4 aromatic rings. The van der Waals surface area contributed by atoms with Gasteiger partial charge < -0.3 is 0 Å². The summed E-state index contributed by atoms with van der Waals surface area (Å²) in [5.74, 6) is 2.75. The third kappa shape index (κ3) is 3.90. The van der Waals surface area contributed by atoms with Crippen molar-refractivity contribution in [2.45, 2.75) is 38.8 Å². The molecule has 2 bridgehead atoms. The van der Waals surface area contributed by atoms with Crippen LogP contribution in [0.4, 0.5) is 0 Å². The number of hydrogen-bond acceptors (Lipinski definition) is 5. The van der Waals surface area contributed by atoms with E-state index in [4.69, 9.17) is 0 Å². The van der Waals surface area contributed by atoms with Gasteiger partial charge in [-0.15, -0.1) is 22.7 Å². The molecule has 0 saturated heterocycles. The van der Waals surface area contributed by atoms with Crippen LogP contribution in [0.3, 0.4) is 0 Å². The second-order valence-corrected chi connectivity index (χ2v) is 10.7. The van der Waals surface area contributed by atoms with Crippen LogP contribution in [-0.2, 0) is 13.1 Å². The molecule has 4 heterocycles. The van der Waals surface area contributed by atoms with Gasteiger partial charge in [-0.2, -0.15) is 0 Å². The van der Waals surface area contributed by atoms with E-state index >= 15 is 0 Å². The Balaban J connectivity index is 1.27. The normalized spacial score (nSPS) is 22.7. The summed E-state index contributed by atoms with van der Waals surface area (Å²) < 4.78 is 4.50. The molecule has 0 radical (unpaired) electrons. The Kier molecular flexibility index (Phi) is 5.26. The fourth-order valence-corrected chi connectivity index (χ4v) is 7.02. The fraction of sp³-hybridized carbons (Fsp3) is 0.417. The van der Waals surface area contributed by atoms with Crippen LogP contribution in [0.2, 0.25) is 0 Å². The van der Waals surface area contributed by atoms with Crippen LogP contribution < -0.4 is 0 Å². The molecule has 2 fully saturated rings. The predicted octanol–water partition coefficient (Wildman–Crippen LogP) is 5.62. The van der Waals surface area contributed by atoms with Gasteiger partial charge in [-0.05, 0) is 61.3 Å². The maximum absolute atomic E-state index is 4.54. The van der Waals surface area contributed by atoms with Crippen molar-refractivity contribution in [2.24, 2.45) is 17.8 Å². The van der Waals surface area contributed by atoms with Crippen LogP contribution in [-0.4, -0.2) is 30.5 Å². The second kappa shape index (κ2) is 8.37. The van der Waals surface area contributed by atoms with Gasteiger partial charge in [0.1, 0.15) is 0 Å². The van der Waals surface area contributed by atoms with Crippen molar-refractivity contribution >= 4 is 22.7 Å². The number of hydrogen-bond donors (Lipinski definition) is 0. The Labute approximate surface area is 191 Å². The van der Waals surface area contributed by atoms with Gasteiger partial charge in [-0.3, -0.25) is 14.0 Å². The highest BCUT2D eigenvalue weighted by molar-refractivity contribution is 7.12. The molecule has 0 spiro atoms. The van der Waals surface area contributed by atoms with E-state index in [0.717, 1.165) is 41.1 Å². The number of nitrogens with zero attached hydrogens (tertiary/aromatic N) is 5. The van der Waals surface area contributed by atoms with E-state index in [-0.39, 0.29) is 0 Å². The monoisotopic (exact) mass is 449 g/mol. The average molecular weight is 450 g/mol. The lowest BCUT2D eigenvalue weighted by Crippen LogP contribution is -2.32. The number of thiazole rings is 2. The first kappa shape index (κ1) is 19.5. The molecule has 4 aromatic heterocycles. The number of fused-ring (bicyclic) bond motifs is 2. The van der Waals surface area contributed by atoms with Crippen molar-refractivity contribution in [1.29, 1.82) is 0 Å². The minimum Gasteiger partial charge on any atom is -0.296 e. The van der Waals surface area contributed by atoms with Gasteiger partial charge in [-0.25, -0.2) is 9.97 Å². The van der Waals surface area contributed by atoms with Crippen molar-refractivity contribution in [1.82, 2.24) is 24.0 Å². The molecule has 5 nitrogen and oxygen atoms in total. The lowest BCUT2D eigenvalue weighted by atomic mass is 9.88. The van der Waals surface area contributed by atoms with E-state index in [1.807, 2.05) is 23.2 Å². The molecule has 160 valence electrons. The highest BCUT2D eigenvalue weighted by Gasteiger charge is 2.40. The summed E-state index contributed by atoms with van der Waals surface area (Å²) in [6.07, 6.45) is 13.8. The molecule has 7 heteroatoms. The Hall–Kier alpha value is -2.22. The van der Waals surface area contributed by atoms with Gasteiger partial charge >= 0.3 is 0 Å². The van der Waals surface area contributed by atoms with Crippen molar-refractivity contribution in [2.75, 3.05) is 6.54 Å². The summed E-state index contributed by atoms with van der Waals surface area (Å²) in [5.41, 5.74) is 2.62. The molecule has 0 aliphatic heterocycles. The topological polar surface area (TPSA) is 38.9 Å². The lowest BCUT2D eigenvalue weighted by molar-refractivity contribution is 0.172. The predicted molar refractivity (Wildman–Crippen MR) is 126 cm³/mol. The summed E-state index contributed by atoms with van der Waals surface area (Å²) >= 11 is 3.39. The molecule has 2 saturated carbocycles. The zero-order chi connectivity index (χ0) is 20.6. The van der Waals surface area contributed by atoms with Crippen LogP contribution >= 0.6 is 22.7 Å². The first-order valence-corrected chi connectivity index (χ1v) is 12.9. The minimum atomic E-state index is 0.838. The van der Waals surface area contributed by atoms with Gasteiger partial charge in [0.2, 0.25) is 0 Å². The zero-order valence-electron chi connectivity index (χ0n) is 17.5. The highest BCUT2D eigenvalue weighted by atomic mass is 32.1. The van der Waals surface area contributed by atoms with Gasteiger partial charge in [0.15, 0.2) is 10.3 Å². The SMILES string of the molecule is c1cc(CN(Cc2cccn2-c2nccs2)CC2C[C@H]3CC[C@@H]2C3)n(-c2nccs2)c1. The third-order valence-corrected chi connectivity index (χ3v) is 8.61. The smallest absolute Gasteiger partial charge is 0.193 e. The summed E-state index contributed by atoms with van der Waals surface area (Å²) in [6, 6.07) is 8.78. The Bertz CT molecular complexity index is 1040. The molecule has 1 unspecified atom stereocenters. The van der Waals surface area contributed by atoms with E-state index in [0.29, 0.717) is 0 Å². The number of rotatable bonds is 8. The molecule has 31 heavy (non-hydrogen) atoms. The maximum Gasteiger partial charge on any atom is 0.193 e. The van der Waals surface area contributed by atoms with E-state index in [1.165, 1.54) is 43.6 Å². The summed E-state index contributed by atoms with van der Waals surface area (Å²) in [4.78, 5) is 11.7. The van der Waals surface area contributed by atoms with Crippen LogP contribution in [0, 0.1) is 17.8 Å². The van der Waals surface area contributed by atoms with E-state index < -0.39 is 0 Å². The molecule has 3 atom stereocenters. The van der Waals surface area contributed by atoms with Crippen LogP contribution in [0.25, 0.3) is 10.3 Å². The molecule has 0 N–H and O–H groups in total. The average Bonchev–Trinajstić information content (AvgIpc) is 3.60. The van der Waals surface area contributed by atoms with Crippen LogP contribution in [0.5, 0.6) is 0 Å². The lowest BCUT2D eigenvalue weighted by Gasteiger charge is -2.30. The van der Waals surface area contributed by atoms with Gasteiger partial charge in [-0.1, -0.05) is 6.42 Å². The Morgan fingerprint density at radius 2 is 1.52 bits per heavy atom. The highest BCUT2D eigenvalue weighted by Crippen LogP contribution is 2.48. The summed E-state index contributed by atoms with van der Waals surface area (Å²) in [6.45, 7) is 3.04. The molecule has 6 rings (SSSR count). The van der Waals surface area contributed by atoms with Crippen molar-refractivity contribution in [3.63, 3.8) is 0 Å². The van der Waals surface area contributed by atoms with Gasteiger partial charge in [0, 0.05) is 66.6 Å². The second-order valence-electron chi connectivity index (χ2n) is 8.97. The third-order valence-electron chi connectivity index (χ3n) is 7.07. The van der Waals surface area contributed by atoms with Gasteiger partial charge in [0.25, 0.3) is 0 Å². The molecule has 0 aromatic carbocycles. The van der Waals surface area contributed by atoms with E-state index in [9.17, 15) is 0 Å². The van der Waals surface area contributed by atoms with Crippen molar-refractivity contribution in [3.8, 4) is 10.3 Å². The minimum absolute atomic E-state index is 0.838. The molecular weight excluding hydrogens is 422 g/mol. The fourth-order valence-electron chi connectivity index (χ4n) is 5.71. The van der Waals surface area contributed by atoms with E-state index in [2.05, 4.69) is 60.7 Å². The molecule has 2 aliphatic carbocycles.